The summed E-state index contributed by atoms with van der Waals surface area (Å²) in [5.41, 5.74) is 0.692. The third kappa shape index (κ3) is 3.89. The number of benzene rings is 1. The predicted octanol–water partition coefficient (Wildman–Crippen LogP) is 2.43. The third-order valence-electron chi connectivity index (χ3n) is 2.80. The van der Waals surface area contributed by atoms with Gasteiger partial charge in [0.15, 0.2) is 0 Å². The second kappa shape index (κ2) is 6.07. The molecule has 0 radical (unpaired) electrons. The van der Waals surface area contributed by atoms with Crippen molar-refractivity contribution in [3.8, 4) is 5.75 Å². The van der Waals surface area contributed by atoms with Crippen molar-refractivity contribution in [1.82, 2.24) is 5.32 Å². The van der Waals surface area contributed by atoms with Crippen LogP contribution < -0.4 is 15.4 Å². The number of methoxy groups -OCH3 is 1. The highest BCUT2D eigenvalue weighted by atomic mass is 35.5. The van der Waals surface area contributed by atoms with Crippen LogP contribution in [0.15, 0.2) is 18.2 Å². The fraction of sp³-hybridized carbons (Fsp3) is 0.462. The molecule has 0 unspecified atom stereocenters. The van der Waals surface area contributed by atoms with E-state index in [2.05, 4.69) is 10.6 Å². The minimum atomic E-state index is -0.00983. The van der Waals surface area contributed by atoms with E-state index < -0.39 is 0 Å². The van der Waals surface area contributed by atoms with Crippen LogP contribution in [0, 0.1) is 0 Å². The maximum Gasteiger partial charge on any atom is 0.225 e. The molecule has 1 saturated carbocycles. The molecule has 0 saturated heterocycles. The summed E-state index contributed by atoms with van der Waals surface area (Å²) in [6, 6.07) is 5.83. The highest BCUT2D eigenvalue weighted by Crippen LogP contribution is 2.27. The second-order valence-electron chi connectivity index (χ2n) is 4.38. The van der Waals surface area contributed by atoms with Crippen molar-refractivity contribution < 1.29 is 9.53 Å². The lowest BCUT2D eigenvalue weighted by molar-refractivity contribution is -0.116. The molecule has 2 N–H and O–H groups in total. The van der Waals surface area contributed by atoms with Gasteiger partial charge in [-0.1, -0.05) is 11.6 Å². The third-order valence-corrected chi connectivity index (χ3v) is 3.09. The molecule has 18 heavy (non-hydrogen) atoms. The van der Waals surface area contributed by atoms with Crippen LogP contribution in [0.1, 0.15) is 19.3 Å². The molecule has 1 fully saturated rings. The van der Waals surface area contributed by atoms with Gasteiger partial charge in [-0.15, -0.1) is 0 Å². The fourth-order valence-corrected chi connectivity index (χ4v) is 1.90. The number of hydrogen-bond acceptors (Lipinski definition) is 3. The average Bonchev–Trinajstić information content (AvgIpc) is 3.13. The molecule has 0 aliphatic heterocycles. The quantitative estimate of drug-likeness (QED) is 0.833. The van der Waals surface area contributed by atoms with Crippen LogP contribution >= 0.6 is 11.6 Å². The van der Waals surface area contributed by atoms with Crippen molar-refractivity contribution in [1.29, 1.82) is 0 Å². The molecular weight excluding hydrogens is 252 g/mol. The number of halogens is 1. The number of anilines is 1. The van der Waals surface area contributed by atoms with Gasteiger partial charge in [-0.2, -0.15) is 0 Å². The van der Waals surface area contributed by atoms with Crippen molar-refractivity contribution in [2.75, 3.05) is 19.0 Å². The van der Waals surface area contributed by atoms with E-state index in [1.807, 2.05) is 0 Å². The van der Waals surface area contributed by atoms with Crippen molar-refractivity contribution in [3.63, 3.8) is 0 Å². The van der Waals surface area contributed by atoms with Gasteiger partial charge in [-0.25, -0.2) is 0 Å². The molecule has 1 aliphatic rings. The zero-order valence-corrected chi connectivity index (χ0v) is 11.1. The first kappa shape index (κ1) is 13.2. The molecule has 1 amide bonds. The lowest BCUT2D eigenvalue weighted by atomic mass is 10.3. The molecule has 0 atom stereocenters. The van der Waals surface area contributed by atoms with Crippen LogP contribution in [0.2, 0.25) is 5.02 Å². The molecule has 4 nitrogen and oxygen atoms in total. The molecule has 0 heterocycles. The Balaban J connectivity index is 1.80. The summed E-state index contributed by atoms with van der Waals surface area (Å²) >= 11 is 5.98. The summed E-state index contributed by atoms with van der Waals surface area (Å²) in [6.07, 6.45) is 2.94. The van der Waals surface area contributed by atoms with Crippen molar-refractivity contribution in [2.24, 2.45) is 0 Å². The number of carbonyl (C=O) groups excluding carboxylic acids is 1. The Morgan fingerprint density at radius 1 is 1.50 bits per heavy atom. The summed E-state index contributed by atoms with van der Waals surface area (Å²) in [4.78, 5) is 11.7. The average molecular weight is 269 g/mol. The lowest BCUT2D eigenvalue weighted by Gasteiger charge is -2.08. The van der Waals surface area contributed by atoms with Crippen LogP contribution in [-0.2, 0) is 4.79 Å². The zero-order chi connectivity index (χ0) is 13.0. The monoisotopic (exact) mass is 268 g/mol. The van der Waals surface area contributed by atoms with Gasteiger partial charge in [0.05, 0.1) is 12.1 Å². The molecule has 98 valence electrons. The van der Waals surface area contributed by atoms with E-state index in [4.69, 9.17) is 16.3 Å². The number of amides is 1. The standard InChI is InChI=1S/C13H17ClN2O2/c1-18-12-5-4-10(8-11(12)14)16-13(17)6-7-15-9-2-3-9/h4-5,8-9,15H,2-3,6-7H2,1H3,(H,16,17). The number of nitrogens with one attached hydrogen (secondary N) is 2. The van der Waals surface area contributed by atoms with E-state index in [-0.39, 0.29) is 5.91 Å². The fourth-order valence-electron chi connectivity index (χ4n) is 1.64. The molecular formula is C13H17ClN2O2. The van der Waals surface area contributed by atoms with Crippen LogP contribution in [0.25, 0.3) is 0 Å². The Morgan fingerprint density at radius 3 is 2.89 bits per heavy atom. The zero-order valence-electron chi connectivity index (χ0n) is 10.3. The van der Waals surface area contributed by atoms with Crippen molar-refractivity contribution in [2.45, 2.75) is 25.3 Å². The molecule has 0 spiro atoms. The van der Waals surface area contributed by atoms with E-state index in [9.17, 15) is 4.79 Å². The smallest absolute Gasteiger partial charge is 0.225 e. The minimum absolute atomic E-state index is 0.00983. The van der Waals surface area contributed by atoms with E-state index in [1.165, 1.54) is 12.8 Å². The maximum atomic E-state index is 11.7. The number of hydrogen-bond donors (Lipinski definition) is 2. The van der Waals surface area contributed by atoms with Gasteiger partial charge in [0, 0.05) is 24.7 Å². The lowest BCUT2D eigenvalue weighted by Crippen LogP contribution is -2.23. The highest BCUT2D eigenvalue weighted by Gasteiger charge is 2.20. The molecule has 0 bridgehead atoms. The summed E-state index contributed by atoms with van der Waals surface area (Å²) in [6.45, 7) is 0.723. The first-order valence-electron chi connectivity index (χ1n) is 6.06. The van der Waals surface area contributed by atoms with Gasteiger partial charge in [0.25, 0.3) is 0 Å². The summed E-state index contributed by atoms with van der Waals surface area (Å²) in [5.74, 6) is 0.592. The summed E-state index contributed by atoms with van der Waals surface area (Å²) in [5, 5.41) is 6.60. The van der Waals surface area contributed by atoms with E-state index in [1.54, 1.807) is 25.3 Å². The number of carbonyl (C=O) groups is 1. The van der Waals surface area contributed by atoms with Crippen LogP contribution in [0.4, 0.5) is 5.69 Å². The van der Waals surface area contributed by atoms with Gasteiger partial charge in [0.2, 0.25) is 5.91 Å². The Hall–Kier alpha value is -1.26. The van der Waals surface area contributed by atoms with Gasteiger partial charge in [-0.05, 0) is 31.0 Å². The predicted molar refractivity (Wildman–Crippen MR) is 72.3 cm³/mol. The van der Waals surface area contributed by atoms with Crippen molar-refractivity contribution in [3.05, 3.63) is 23.2 Å². The van der Waals surface area contributed by atoms with E-state index >= 15 is 0 Å². The Morgan fingerprint density at radius 2 is 2.28 bits per heavy atom. The van der Waals surface area contributed by atoms with E-state index in [0.717, 1.165) is 6.54 Å². The normalized spacial score (nSPS) is 14.3. The summed E-state index contributed by atoms with van der Waals surface area (Å²) in [7, 11) is 1.56. The first-order chi connectivity index (χ1) is 8.69. The topological polar surface area (TPSA) is 50.4 Å². The molecule has 5 heteroatoms. The molecule has 1 aromatic carbocycles. The Labute approximate surface area is 112 Å². The Kier molecular flexibility index (Phi) is 4.44. The Bertz CT molecular complexity index is 433. The van der Waals surface area contributed by atoms with Gasteiger partial charge in [-0.3, -0.25) is 4.79 Å². The van der Waals surface area contributed by atoms with Gasteiger partial charge in [0.1, 0.15) is 5.75 Å². The molecule has 2 rings (SSSR count). The molecule has 0 aromatic heterocycles. The second-order valence-corrected chi connectivity index (χ2v) is 4.78. The SMILES string of the molecule is COc1ccc(NC(=O)CCNC2CC2)cc1Cl. The number of ether oxygens (including phenoxy) is 1. The maximum absolute atomic E-state index is 11.7. The van der Waals surface area contributed by atoms with E-state index in [0.29, 0.717) is 28.9 Å². The van der Waals surface area contributed by atoms with Gasteiger partial charge >= 0.3 is 0 Å². The van der Waals surface area contributed by atoms with Gasteiger partial charge < -0.3 is 15.4 Å². The largest absolute Gasteiger partial charge is 0.495 e. The van der Waals surface area contributed by atoms with Crippen LogP contribution in [-0.4, -0.2) is 25.6 Å². The summed E-state index contributed by atoms with van der Waals surface area (Å²) < 4.78 is 5.05. The van der Waals surface area contributed by atoms with Crippen LogP contribution in [0.3, 0.4) is 0 Å². The molecule has 1 aromatic rings. The first-order valence-corrected chi connectivity index (χ1v) is 6.43. The minimum Gasteiger partial charge on any atom is -0.495 e. The van der Waals surface area contributed by atoms with Crippen molar-refractivity contribution >= 4 is 23.2 Å². The van der Waals surface area contributed by atoms with Crippen LogP contribution in [0.5, 0.6) is 5.75 Å². The number of rotatable bonds is 6. The highest BCUT2D eigenvalue weighted by molar-refractivity contribution is 6.32. The molecule has 1 aliphatic carbocycles.